The second-order valence-electron chi connectivity index (χ2n) is 7.79. The van der Waals surface area contributed by atoms with Crippen molar-refractivity contribution >= 4 is 38.6 Å². The lowest BCUT2D eigenvalue weighted by molar-refractivity contribution is 0.432. The van der Waals surface area contributed by atoms with Crippen LogP contribution in [-0.2, 0) is 15.4 Å². The summed E-state index contributed by atoms with van der Waals surface area (Å²) >= 11 is 7.97. The van der Waals surface area contributed by atoms with Crippen molar-refractivity contribution in [3.63, 3.8) is 0 Å². The molecule has 0 aliphatic carbocycles. The number of amidine groups is 1. The molecule has 9 heteroatoms. The van der Waals surface area contributed by atoms with Gasteiger partial charge in [-0.2, -0.15) is 0 Å². The number of hydrogen-bond donors (Lipinski definition) is 1. The Kier molecular flexibility index (Phi) is 4.64. The zero-order chi connectivity index (χ0) is 21.0. The molecule has 152 valence electrons. The van der Waals surface area contributed by atoms with E-state index in [1.807, 2.05) is 30.3 Å². The molecule has 1 unspecified atom stereocenters. The van der Waals surface area contributed by atoms with E-state index in [4.69, 9.17) is 21.9 Å². The topological polar surface area (TPSA) is 98.5 Å². The lowest BCUT2D eigenvalue weighted by Crippen LogP contribution is -2.54. The van der Waals surface area contributed by atoms with Gasteiger partial charge in [-0.15, -0.1) is 11.3 Å². The van der Waals surface area contributed by atoms with Crippen molar-refractivity contribution in [2.24, 2.45) is 10.7 Å². The maximum absolute atomic E-state index is 12.9. The third-order valence-electron chi connectivity index (χ3n) is 5.28. The van der Waals surface area contributed by atoms with Gasteiger partial charge in [0.05, 0.1) is 21.8 Å². The zero-order valence-electron chi connectivity index (χ0n) is 16.1. The van der Waals surface area contributed by atoms with Crippen molar-refractivity contribution in [1.29, 1.82) is 0 Å². The minimum absolute atomic E-state index is 0.101. The first-order valence-electron chi connectivity index (χ1n) is 8.93. The molecule has 1 aliphatic heterocycles. The number of aromatic nitrogens is 1. The Labute approximate surface area is 178 Å². The van der Waals surface area contributed by atoms with Crippen LogP contribution in [0.2, 0.25) is 5.02 Å². The molecule has 6 nitrogen and oxygen atoms in total. The number of nitrogens with two attached hydrogens (primary N) is 1. The van der Waals surface area contributed by atoms with Gasteiger partial charge in [0.15, 0.2) is 15.6 Å². The molecule has 4 rings (SSSR count). The number of sulfone groups is 1. The lowest BCUT2D eigenvalue weighted by Gasteiger charge is -2.37. The van der Waals surface area contributed by atoms with Crippen LogP contribution >= 0.6 is 22.9 Å². The van der Waals surface area contributed by atoms with Crippen molar-refractivity contribution in [2.45, 2.75) is 31.1 Å². The summed E-state index contributed by atoms with van der Waals surface area (Å²) in [5.74, 6) is 0.620. The summed E-state index contributed by atoms with van der Waals surface area (Å²) in [5, 5.41) is 4.22. The molecule has 2 N–H and O–H groups in total. The molecule has 1 aromatic carbocycles. The molecule has 0 amide bonds. The molecular formula is C20H20ClN3O3S2. The fourth-order valence-electron chi connectivity index (χ4n) is 3.33. The third-order valence-corrected chi connectivity index (χ3v) is 9.83. The average Bonchev–Trinajstić information content (AvgIpc) is 3.30. The molecule has 0 saturated carbocycles. The summed E-state index contributed by atoms with van der Waals surface area (Å²) < 4.78 is 29.7. The SMILES string of the molecule is CC1(c2sc(-c3cccc(-c4ccno4)c3)cc2Cl)CS(=O)(=O)C(C)(C)C(N)=N1. The first-order chi connectivity index (χ1) is 13.5. The standard InChI is InChI=1S/C20H20ClN3O3S2/c1-19(2)18(22)24-20(3,11-29(19,25)26)17-14(21)10-16(28-17)13-6-4-5-12(9-13)15-7-8-23-27-15/h4-10H,11H2,1-3H3,(H2,22,24). The van der Waals surface area contributed by atoms with E-state index in [-0.39, 0.29) is 11.6 Å². The number of benzene rings is 1. The second-order valence-corrected chi connectivity index (χ2v) is 11.8. The van der Waals surface area contributed by atoms with Crippen molar-refractivity contribution in [3.05, 3.63) is 52.5 Å². The highest BCUT2D eigenvalue weighted by atomic mass is 35.5. The van der Waals surface area contributed by atoms with Crippen LogP contribution in [0, 0.1) is 0 Å². The molecule has 0 radical (unpaired) electrons. The monoisotopic (exact) mass is 449 g/mol. The van der Waals surface area contributed by atoms with E-state index in [1.54, 1.807) is 33.0 Å². The van der Waals surface area contributed by atoms with Crippen molar-refractivity contribution in [3.8, 4) is 21.8 Å². The van der Waals surface area contributed by atoms with Crippen LogP contribution in [0.15, 0.2) is 52.1 Å². The van der Waals surface area contributed by atoms with Gasteiger partial charge in [-0.05, 0) is 38.5 Å². The number of halogens is 1. The number of hydrogen-bond acceptors (Lipinski definition) is 7. The van der Waals surface area contributed by atoms with Crippen molar-refractivity contribution < 1.29 is 12.9 Å². The molecule has 2 aromatic heterocycles. The summed E-state index contributed by atoms with van der Waals surface area (Å²) in [4.78, 5) is 6.16. The van der Waals surface area contributed by atoms with E-state index in [0.717, 1.165) is 16.0 Å². The lowest BCUT2D eigenvalue weighted by atomic mass is 10.0. The maximum atomic E-state index is 12.9. The highest BCUT2D eigenvalue weighted by molar-refractivity contribution is 7.93. The van der Waals surface area contributed by atoms with Crippen molar-refractivity contribution in [2.75, 3.05) is 5.75 Å². The van der Waals surface area contributed by atoms with Gasteiger partial charge in [-0.3, -0.25) is 4.99 Å². The quantitative estimate of drug-likeness (QED) is 0.634. The number of rotatable bonds is 3. The fourth-order valence-corrected chi connectivity index (χ4v) is 6.72. The summed E-state index contributed by atoms with van der Waals surface area (Å²) in [6, 6.07) is 11.4. The minimum Gasteiger partial charge on any atom is -0.386 e. The second kappa shape index (κ2) is 6.68. The Morgan fingerprint density at radius 2 is 1.90 bits per heavy atom. The smallest absolute Gasteiger partial charge is 0.166 e. The van der Waals surface area contributed by atoms with E-state index in [9.17, 15) is 8.42 Å². The van der Waals surface area contributed by atoms with Crippen LogP contribution in [0.25, 0.3) is 21.8 Å². The zero-order valence-corrected chi connectivity index (χ0v) is 18.5. The molecule has 0 saturated heterocycles. The highest BCUT2D eigenvalue weighted by Gasteiger charge is 2.49. The molecule has 0 spiro atoms. The molecule has 3 aromatic rings. The maximum Gasteiger partial charge on any atom is 0.166 e. The normalized spacial score (nSPS) is 23.0. The molecule has 29 heavy (non-hydrogen) atoms. The van der Waals surface area contributed by atoms with Gasteiger partial charge in [0.1, 0.15) is 16.1 Å². The number of thiophene rings is 1. The highest BCUT2D eigenvalue weighted by Crippen LogP contribution is 2.46. The van der Waals surface area contributed by atoms with Gasteiger partial charge in [0.2, 0.25) is 0 Å². The van der Waals surface area contributed by atoms with Crippen LogP contribution in [0.4, 0.5) is 0 Å². The van der Waals surface area contributed by atoms with Crippen LogP contribution < -0.4 is 5.73 Å². The van der Waals surface area contributed by atoms with E-state index in [0.29, 0.717) is 15.7 Å². The molecule has 1 atom stereocenters. The Morgan fingerprint density at radius 1 is 1.17 bits per heavy atom. The average molecular weight is 450 g/mol. The van der Waals surface area contributed by atoms with Crippen LogP contribution in [0.5, 0.6) is 0 Å². The first kappa shape index (κ1) is 20.1. The largest absolute Gasteiger partial charge is 0.386 e. The Balaban J connectivity index is 1.78. The van der Waals surface area contributed by atoms with E-state index in [1.165, 1.54) is 11.3 Å². The van der Waals surface area contributed by atoms with Gasteiger partial charge in [-0.25, -0.2) is 8.42 Å². The Hall–Kier alpha value is -2.16. The Morgan fingerprint density at radius 3 is 2.55 bits per heavy atom. The number of nitrogens with zero attached hydrogens (tertiary/aromatic N) is 2. The molecular weight excluding hydrogens is 430 g/mol. The number of aliphatic imine (C=N–C) groups is 1. The van der Waals surface area contributed by atoms with E-state index < -0.39 is 20.1 Å². The molecule has 3 heterocycles. The van der Waals surface area contributed by atoms with Gasteiger partial charge in [-0.1, -0.05) is 35.0 Å². The van der Waals surface area contributed by atoms with E-state index >= 15 is 0 Å². The molecule has 0 bridgehead atoms. The fraction of sp³-hybridized carbons (Fsp3) is 0.300. The third kappa shape index (κ3) is 3.29. The minimum atomic E-state index is -3.50. The Bertz CT molecular complexity index is 1210. The van der Waals surface area contributed by atoms with Crippen LogP contribution in [0.1, 0.15) is 25.6 Å². The van der Waals surface area contributed by atoms with Crippen LogP contribution in [0.3, 0.4) is 0 Å². The first-order valence-corrected chi connectivity index (χ1v) is 11.8. The van der Waals surface area contributed by atoms with Crippen LogP contribution in [-0.4, -0.2) is 29.9 Å². The van der Waals surface area contributed by atoms with E-state index in [2.05, 4.69) is 10.1 Å². The van der Waals surface area contributed by atoms with Gasteiger partial charge in [0, 0.05) is 16.5 Å². The summed E-state index contributed by atoms with van der Waals surface area (Å²) in [7, 11) is -3.50. The van der Waals surface area contributed by atoms with Crippen molar-refractivity contribution in [1.82, 2.24) is 5.16 Å². The summed E-state index contributed by atoms with van der Waals surface area (Å²) in [5.41, 5.74) is 6.86. The van der Waals surface area contributed by atoms with Gasteiger partial charge >= 0.3 is 0 Å². The molecule has 1 aliphatic rings. The summed E-state index contributed by atoms with van der Waals surface area (Å²) in [6.07, 6.45) is 1.59. The molecule has 0 fully saturated rings. The summed E-state index contributed by atoms with van der Waals surface area (Å²) in [6.45, 7) is 4.92. The van der Waals surface area contributed by atoms with Gasteiger partial charge < -0.3 is 10.3 Å². The predicted octanol–water partition coefficient (Wildman–Crippen LogP) is 4.50. The van der Waals surface area contributed by atoms with Gasteiger partial charge in [0.25, 0.3) is 0 Å². The predicted molar refractivity (Wildman–Crippen MR) is 117 cm³/mol.